The van der Waals surface area contributed by atoms with Crippen molar-refractivity contribution in [3.63, 3.8) is 0 Å². The number of ether oxygens (including phenoxy) is 1. The van der Waals surface area contributed by atoms with E-state index in [1.807, 2.05) is 6.92 Å². The third-order valence-corrected chi connectivity index (χ3v) is 1.53. The molecule has 0 aliphatic carbocycles. The fourth-order valence-electron chi connectivity index (χ4n) is 0.622. The average Bonchev–Trinajstić information content (AvgIpc) is 2.04. The lowest BCUT2D eigenvalue weighted by molar-refractivity contribution is -0.140. The molecule has 72 valence electrons. The number of methoxy groups -OCH3 is 1. The van der Waals surface area contributed by atoms with Crippen LogP contribution in [0.2, 0.25) is 0 Å². The number of rotatable bonds is 6. The number of carboxylic acids is 1. The minimum absolute atomic E-state index is 0.0570. The van der Waals surface area contributed by atoms with Crippen LogP contribution in [-0.4, -0.2) is 48.6 Å². The smallest absolute Gasteiger partial charge is 0.323 e. The van der Waals surface area contributed by atoms with Gasteiger partial charge in [0.1, 0.15) is 6.04 Å². The van der Waals surface area contributed by atoms with Crippen LogP contribution in [0, 0.1) is 0 Å². The molecule has 0 aliphatic heterocycles. The van der Waals surface area contributed by atoms with Gasteiger partial charge < -0.3 is 14.9 Å². The molecule has 0 radical (unpaired) electrons. The molecule has 0 saturated heterocycles. The molecule has 12 heavy (non-hydrogen) atoms. The van der Waals surface area contributed by atoms with E-state index >= 15 is 0 Å². The highest BCUT2D eigenvalue weighted by molar-refractivity contribution is 5.73. The van der Waals surface area contributed by atoms with Gasteiger partial charge in [-0.05, 0) is 6.92 Å². The Bertz CT molecular complexity index is 139. The van der Waals surface area contributed by atoms with Gasteiger partial charge >= 0.3 is 5.97 Å². The van der Waals surface area contributed by atoms with Crippen LogP contribution >= 0.6 is 0 Å². The summed E-state index contributed by atoms with van der Waals surface area (Å²) in [5.41, 5.74) is 0. The molecule has 2 atom stereocenters. The molecular weight excluding hydrogens is 162 g/mol. The molecule has 0 saturated carbocycles. The average molecular weight is 177 g/mol. The number of aliphatic hydroxyl groups excluding tert-OH is 1. The minimum atomic E-state index is -1.05. The summed E-state index contributed by atoms with van der Waals surface area (Å²) >= 11 is 0. The summed E-state index contributed by atoms with van der Waals surface area (Å²) in [4.78, 5) is 10.4. The molecule has 0 bridgehead atoms. The quantitative estimate of drug-likeness (QED) is 0.488. The van der Waals surface area contributed by atoms with Gasteiger partial charge in [-0.15, -0.1) is 0 Å². The van der Waals surface area contributed by atoms with Crippen molar-refractivity contribution in [3.8, 4) is 0 Å². The zero-order valence-corrected chi connectivity index (χ0v) is 7.28. The van der Waals surface area contributed by atoms with E-state index in [2.05, 4.69) is 5.32 Å². The van der Waals surface area contributed by atoms with E-state index in [0.717, 1.165) is 0 Å². The van der Waals surface area contributed by atoms with Gasteiger partial charge in [0.2, 0.25) is 0 Å². The van der Waals surface area contributed by atoms with Gasteiger partial charge in [-0.2, -0.15) is 0 Å². The molecule has 0 aromatic carbocycles. The van der Waals surface area contributed by atoms with Crippen LogP contribution in [0.15, 0.2) is 0 Å². The first-order valence-corrected chi connectivity index (χ1v) is 3.71. The van der Waals surface area contributed by atoms with Crippen molar-refractivity contribution in [1.29, 1.82) is 0 Å². The zero-order valence-electron chi connectivity index (χ0n) is 7.28. The predicted octanol–water partition coefficient (Wildman–Crippen LogP) is -0.944. The first-order valence-electron chi connectivity index (χ1n) is 3.71. The van der Waals surface area contributed by atoms with Gasteiger partial charge in [0.15, 0.2) is 0 Å². The maximum absolute atomic E-state index is 10.4. The molecule has 0 aromatic heterocycles. The molecule has 0 fully saturated rings. The van der Waals surface area contributed by atoms with E-state index in [-0.39, 0.29) is 6.10 Å². The number of aliphatic hydroxyl groups is 1. The number of hydrogen-bond acceptors (Lipinski definition) is 4. The van der Waals surface area contributed by atoms with Crippen molar-refractivity contribution >= 4 is 5.97 Å². The van der Waals surface area contributed by atoms with Crippen LogP contribution in [0.5, 0.6) is 0 Å². The highest BCUT2D eigenvalue weighted by Crippen LogP contribution is 1.87. The molecule has 3 N–H and O–H groups in total. The first-order chi connectivity index (χ1) is 5.61. The number of nitrogens with one attached hydrogen (secondary N) is 1. The minimum Gasteiger partial charge on any atom is -0.480 e. The molecule has 0 aliphatic rings. The fraction of sp³-hybridized carbons (Fsp3) is 0.857. The third kappa shape index (κ3) is 4.27. The Morgan fingerprint density at radius 1 is 1.67 bits per heavy atom. The number of aliphatic carboxylic acids is 1. The summed E-state index contributed by atoms with van der Waals surface area (Å²) in [7, 11) is 1.54. The SMILES string of the molecule is CO[C@H](C)CN[C@@H](CO)C(=O)O. The Kier molecular flexibility index (Phi) is 5.61. The Morgan fingerprint density at radius 2 is 2.25 bits per heavy atom. The second-order valence-corrected chi connectivity index (χ2v) is 2.53. The summed E-state index contributed by atoms with van der Waals surface area (Å²) in [6, 6.07) is -0.900. The second-order valence-electron chi connectivity index (χ2n) is 2.53. The standard InChI is InChI=1S/C7H15NO4/c1-5(12-2)3-8-6(4-9)7(10)11/h5-6,8-9H,3-4H2,1-2H3,(H,10,11)/t5-,6+/m1/s1. The highest BCUT2D eigenvalue weighted by atomic mass is 16.5. The Labute approximate surface area is 71.3 Å². The predicted molar refractivity (Wildman–Crippen MR) is 43.0 cm³/mol. The van der Waals surface area contributed by atoms with Crippen molar-refractivity contribution in [2.75, 3.05) is 20.3 Å². The summed E-state index contributed by atoms with van der Waals surface area (Å²) < 4.78 is 4.89. The number of hydrogen-bond donors (Lipinski definition) is 3. The molecule has 0 amide bonds. The number of carbonyl (C=O) groups is 1. The van der Waals surface area contributed by atoms with Crippen molar-refractivity contribution in [2.24, 2.45) is 0 Å². The van der Waals surface area contributed by atoms with Gasteiger partial charge in [0, 0.05) is 13.7 Å². The summed E-state index contributed by atoms with van der Waals surface area (Å²) in [5.74, 6) is -1.05. The second kappa shape index (κ2) is 5.93. The van der Waals surface area contributed by atoms with Crippen LogP contribution < -0.4 is 5.32 Å². The van der Waals surface area contributed by atoms with E-state index < -0.39 is 18.6 Å². The Hall–Kier alpha value is -0.650. The van der Waals surface area contributed by atoms with Crippen LogP contribution in [0.4, 0.5) is 0 Å². The zero-order chi connectivity index (χ0) is 9.56. The molecule has 5 heteroatoms. The largest absolute Gasteiger partial charge is 0.480 e. The summed E-state index contributed by atoms with van der Waals surface area (Å²) in [6.45, 7) is 1.81. The van der Waals surface area contributed by atoms with Crippen LogP contribution in [0.25, 0.3) is 0 Å². The maximum atomic E-state index is 10.4. The monoisotopic (exact) mass is 177 g/mol. The molecule has 0 spiro atoms. The number of carboxylic acid groups (broad SMARTS) is 1. The van der Waals surface area contributed by atoms with E-state index in [1.165, 1.54) is 0 Å². The third-order valence-electron chi connectivity index (χ3n) is 1.53. The van der Waals surface area contributed by atoms with E-state index in [4.69, 9.17) is 14.9 Å². The van der Waals surface area contributed by atoms with Crippen molar-refractivity contribution in [3.05, 3.63) is 0 Å². The lowest BCUT2D eigenvalue weighted by atomic mass is 10.3. The van der Waals surface area contributed by atoms with Gasteiger partial charge in [-0.1, -0.05) is 0 Å². The Balaban J connectivity index is 3.65. The van der Waals surface area contributed by atoms with Crippen LogP contribution in [-0.2, 0) is 9.53 Å². The lowest BCUT2D eigenvalue weighted by Crippen LogP contribution is -2.43. The van der Waals surface area contributed by atoms with Crippen molar-refractivity contribution in [1.82, 2.24) is 5.32 Å². The van der Waals surface area contributed by atoms with E-state index in [9.17, 15) is 4.79 Å². The van der Waals surface area contributed by atoms with Crippen molar-refractivity contribution in [2.45, 2.75) is 19.1 Å². The topological polar surface area (TPSA) is 78.8 Å². The fourth-order valence-corrected chi connectivity index (χ4v) is 0.622. The van der Waals surface area contributed by atoms with E-state index in [1.54, 1.807) is 7.11 Å². The molecule has 5 nitrogen and oxygen atoms in total. The maximum Gasteiger partial charge on any atom is 0.323 e. The van der Waals surface area contributed by atoms with Gasteiger partial charge in [-0.25, -0.2) is 0 Å². The first kappa shape index (κ1) is 11.4. The van der Waals surface area contributed by atoms with E-state index in [0.29, 0.717) is 6.54 Å². The summed E-state index contributed by atoms with van der Waals surface area (Å²) in [5, 5.41) is 19.7. The molecule has 0 heterocycles. The van der Waals surface area contributed by atoms with Crippen molar-refractivity contribution < 1.29 is 19.7 Å². The van der Waals surface area contributed by atoms with Gasteiger partial charge in [0.05, 0.1) is 12.7 Å². The highest BCUT2D eigenvalue weighted by Gasteiger charge is 2.15. The molecular formula is C7H15NO4. The molecule has 0 unspecified atom stereocenters. The normalized spacial score (nSPS) is 15.6. The van der Waals surface area contributed by atoms with Gasteiger partial charge in [0.25, 0.3) is 0 Å². The lowest BCUT2D eigenvalue weighted by Gasteiger charge is -2.14. The molecule has 0 rings (SSSR count). The van der Waals surface area contributed by atoms with Crippen LogP contribution in [0.1, 0.15) is 6.92 Å². The van der Waals surface area contributed by atoms with Gasteiger partial charge in [-0.3, -0.25) is 10.1 Å². The van der Waals surface area contributed by atoms with Crippen LogP contribution in [0.3, 0.4) is 0 Å². The Morgan fingerprint density at radius 3 is 2.58 bits per heavy atom. The summed E-state index contributed by atoms with van der Waals surface area (Å²) in [6.07, 6.45) is -0.0570. The molecule has 0 aromatic rings.